The Labute approximate surface area is 192 Å². The Bertz CT molecular complexity index is 1370. The normalized spacial score (nSPS) is 10.8. The number of fused-ring (bicyclic) bond motifs is 1. The molecule has 0 N–H and O–H groups in total. The average Bonchev–Trinajstić information content (AvgIpc) is 2.80. The maximum Gasteiger partial charge on any atom is 0.343 e. The lowest BCUT2D eigenvalue weighted by Gasteiger charge is -2.14. The molecule has 7 heteroatoms. The summed E-state index contributed by atoms with van der Waals surface area (Å²) in [4.78, 5) is 26.1. The van der Waals surface area contributed by atoms with Crippen LogP contribution in [0.5, 0.6) is 17.2 Å². The number of carbonyl (C=O) groups excluding carboxylic acids is 1. The highest BCUT2D eigenvalue weighted by molar-refractivity contribution is 9.10. The van der Waals surface area contributed by atoms with Crippen molar-refractivity contribution < 1.29 is 23.4 Å². The summed E-state index contributed by atoms with van der Waals surface area (Å²) in [7, 11) is 3.02. The van der Waals surface area contributed by atoms with E-state index in [9.17, 15) is 9.59 Å². The first-order valence-electron chi connectivity index (χ1n) is 9.69. The van der Waals surface area contributed by atoms with Gasteiger partial charge < -0.3 is 18.6 Å². The standard InChI is InChI=1S/C25H19BrO6/c1-14-8-10-15(11-9-14)25(28)32-24-21(27)17-6-4-5-7-19(17)31-22(24)16-12-18(26)23(30-3)20(13-16)29-2/h4-13H,1-3H3. The van der Waals surface area contributed by atoms with Crippen molar-refractivity contribution >= 4 is 32.9 Å². The number of methoxy groups -OCH3 is 2. The molecule has 4 rings (SSSR count). The van der Waals surface area contributed by atoms with Crippen molar-refractivity contribution in [2.24, 2.45) is 0 Å². The Morgan fingerprint density at radius 2 is 1.66 bits per heavy atom. The average molecular weight is 495 g/mol. The molecule has 0 saturated heterocycles. The predicted octanol–water partition coefficient (Wildman–Crippen LogP) is 5.77. The van der Waals surface area contributed by atoms with Crippen molar-refractivity contribution in [3.8, 4) is 28.6 Å². The zero-order chi connectivity index (χ0) is 22.8. The molecule has 32 heavy (non-hydrogen) atoms. The van der Waals surface area contributed by atoms with E-state index < -0.39 is 11.4 Å². The second-order valence-electron chi connectivity index (χ2n) is 7.03. The third kappa shape index (κ3) is 3.99. The summed E-state index contributed by atoms with van der Waals surface area (Å²) in [6.07, 6.45) is 0. The highest BCUT2D eigenvalue weighted by Gasteiger charge is 2.23. The summed E-state index contributed by atoms with van der Waals surface area (Å²) in [5, 5.41) is 0.308. The van der Waals surface area contributed by atoms with E-state index in [0.29, 0.717) is 38.1 Å². The summed E-state index contributed by atoms with van der Waals surface area (Å²) < 4.78 is 23.0. The molecule has 0 saturated carbocycles. The fraction of sp³-hybridized carbons (Fsp3) is 0.120. The number of para-hydroxylation sites is 1. The maximum absolute atomic E-state index is 13.3. The van der Waals surface area contributed by atoms with Crippen LogP contribution >= 0.6 is 15.9 Å². The first kappa shape index (κ1) is 21.6. The van der Waals surface area contributed by atoms with E-state index in [-0.39, 0.29) is 11.5 Å². The molecule has 0 spiro atoms. The topological polar surface area (TPSA) is 75.0 Å². The van der Waals surface area contributed by atoms with Crippen LogP contribution in [0.2, 0.25) is 0 Å². The summed E-state index contributed by atoms with van der Waals surface area (Å²) >= 11 is 3.45. The molecule has 1 heterocycles. The van der Waals surface area contributed by atoms with Crippen LogP contribution in [0.15, 0.2) is 74.3 Å². The van der Waals surface area contributed by atoms with E-state index in [1.54, 1.807) is 60.7 Å². The van der Waals surface area contributed by atoms with Gasteiger partial charge in [-0.2, -0.15) is 0 Å². The van der Waals surface area contributed by atoms with Gasteiger partial charge in [0.05, 0.1) is 29.6 Å². The van der Waals surface area contributed by atoms with Crippen molar-refractivity contribution in [1.29, 1.82) is 0 Å². The van der Waals surface area contributed by atoms with Crippen molar-refractivity contribution in [2.75, 3.05) is 14.2 Å². The number of hydrogen-bond donors (Lipinski definition) is 0. The summed E-state index contributed by atoms with van der Waals surface area (Å²) in [5.74, 6) is 0.152. The van der Waals surface area contributed by atoms with Gasteiger partial charge in [0.1, 0.15) is 5.58 Å². The zero-order valence-electron chi connectivity index (χ0n) is 17.6. The van der Waals surface area contributed by atoms with Crippen LogP contribution in [0.4, 0.5) is 0 Å². The smallest absolute Gasteiger partial charge is 0.343 e. The Hall–Kier alpha value is -3.58. The molecule has 6 nitrogen and oxygen atoms in total. The molecule has 0 bridgehead atoms. The minimum absolute atomic E-state index is 0.107. The largest absolute Gasteiger partial charge is 0.493 e. The minimum Gasteiger partial charge on any atom is -0.493 e. The quantitative estimate of drug-likeness (QED) is 0.328. The lowest BCUT2D eigenvalue weighted by Crippen LogP contribution is -2.16. The molecule has 0 fully saturated rings. The molecule has 0 radical (unpaired) electrons. The molecule has 0 aliphatic carbocycles. The van der Waals surface area contributed by atoms with Crippen molar-refractivity contribution in [1.82, 2.24) is 0 Å². The van der Waals surface area contributed by atoms with E-state index in [4.69, 9.17) is 18.6 Å². The molecule has 0 aliphatic heterocycles. The Morgan fingerprint density at radius 1 is 0.938 bits per heavy atom. The lowest BCUT2D eigenvalue weighted by atomic mass is 10.1. The van der Waals surface area contributed by atoms with E-state index in [0.717, 1.165) is 5.56 Å². The Balaban J connectivity index is 1.92. The maximum atomic E-state index is 13.3. The van der Waals surface area contributed by atoms with Crippen LogP contribution in [-0.2, 0) is 0 Å². The number of ether oxygens (including phenoxy) is 3. The van der Waals surface area contributed by atoms with E-state index in [1.807, 2.05) is 6.92 Å². The highest BCUT2D eigenvalue weighted by Crippen LogP contribution is 2.41. The van der Waals surface area contributed by atoms with Gasteiger partial charge in [-0.1, -0.05) is 29.8 Å². The first-order valence-corrected chi connectivity index (χ1v) is 10.5. The van der Waals surface area contributed by atoms with Gasteiger partial charge in [-0.25, -0.2) is 4.79 Å². The third-order valence-corrected chi connectivity index (χ3v) is 5.52. The number of benzene rings is 3. The monoisotopic (exact) mass is 494 g/mol. The van der Waals surface area contributed by atoms with Crippen molar-refractivity contribution in [3.05, 3.63) is 86.5 Å². The first-order chi connectivity index (χ1) is 15.4. The summed E-state index contributed by atoms with van der Waals surface area (Å²) in [5.41, 5.74) is 1.72. The van der Waals surface area contributed by atoms with Gasteiger partial charge in [0.15, 0.2) is 17.3 Å². The van der Waals surface area contributed by atoms with Gasteiger partial charge in [0.2, 0.25) is 11.2 Å². The van der Waals surface area contributed by atoms with Gasteiger partial charge in [-0.05, 0) is 59.3 Å². The van der Waals surface area contributed by atoms with Gasteiger partial charge >= 0.3 is 5.97 Å². The van der Waals surface area contributed by atoms with Gasteiger partial charge in [-0.3, -0.25) is 4.79 Å². The molecular formula is C25H19BrO6. The van der Waals surface area contributed by atoms with E-state index >= 15 is 0 Å². The van der Waals surface area contributed by atoms with Crippen molar-refractivity contribution in [2.45, 2.75) is 6.92 Å². The summed E-state index contributed by atoms with van der Waals surface area (Å²) in [6.45, 7) is 1.92. The van der Waals surface area contributed by atoms with Crippen LogP contribution in [0.3, 0.4) is 0 Å². The molecule has 1 aromatic heterocycles. The molecule has 0 amide bonds. The number of hydrogen-bond acceptors (Lipinski definition) is 6. The fourth-order valence-electron chi connectivity index (χ4n) is 3.30. The number of esters is 1. The third-order valence-electron chi connectivity index (χ3n) is 4.93. The number of rotatable bonds is 5. The van der Waals surface area contributed by atoms with Crippen LogP contribution in [0.1, 0.15) is 15.9 Å². The second kappa shape index (κ2) is 8.88. The number of halogens is 1. The fourth-order valence-corrected chi connectivity index (χ4v) is 3.90. The van der Waals surface area contributed by atoms with E-state index in [2.05, 4.69) is 15.9 Å². The highest BCUT2D eigenvalue weighted by atomic mass is 79.9. The molecule has 0 aliphatic rings. The molecule has 0 unspecified atom stereocenters. The van der Waals surface area contributed by atoms with Gasteiger partial charge in [-0.15, -0.1) is 0 Å². The molecule has 4 aromatic rings. The molecule has 0 atom stereocenters. The van der Waals surface area contributed by atoms with Crippen LogP contribution in [0.25, 0.3) is 22.3 Å². The zero-order valence-corrected chi connectivity index (χ0v) is 19.2. The Kier molecular flexibility index (Phi) is 6.01. The van der Waals surface area contributed by atoms with Crippen molar-refractivity contribution in [3.63, 3.8) is 0 Å². The van der Waals surface area contributed by atoms with Crippen LogP contribution in [-0.4, -0.2) is 20.2 Å². The molecule has 3 aromatic carbocycles. The van der Waals surface area contributed by atoms with Gasteiger partial charge in [0.25, 0.3) is 0 Å². The lowest BCUT2D eigenvalue weighted by molar-refractivity contribution is 0.0731. The Morgan fingerprint density at radius 3 is 2.34 bits per heavy atom. The minimum atomic E-state index is -0.659. The SMILES string of the molecule is COc1cc(-c2oc3ccccc3c(=O)c2OC(=O)c2ccc(C)cc2)cc(Br)c1OC. The summed E-state index contributed by atoms with van der Waals surface area (Å²) in [6, 6.07) is 17.0. The van der Waals surface area contributed by atoms with Crippen LogP contribution in [0, 0.1) is 6.92 Å². The molecule has 162 valence electrons. The predicted molar refractivity (Wildman–Crippen MR) is 125 cm³/mol. The van der Waals surface area contributed by atoms with E-state index in [1.165, 1.54) is 14.2 Å². The second-order valence-corrected chi connectivity index (χ2v) is 7.89. The number of aryl methyl sites for hydroxylation is 1. The van der Waals surface area contributed by atoms with Crippen LogP contribution < -0.4 is 19.6 Å². The number of carbonyl (C=O) groups is 1. The van der Waals surface area contributed by atoms with Gasteiger partial charge in [0, 0.05) is 5.56 Å². The molecular weight excluding hydrogens is 476 g/mol.